The summed E-state index contributed by atoms with van der Waals surface area (Å²) in [7, 11) is 3.21. The molecule has 0 N–H and O–H groups in total. The summed E-state index contributed by atoms with van der Waals surface area (Å²) in [4.78, 5) is 14.9. The van der Waals surface area contributed by atoms with Gasteiger partial charge in [-0.1, -0.05) is 53.5 Å². The highest BCUT2D eigenvalue weighted by atomic mass is 35.5. The van der Waals surface area contributed by atoms with Gasteiger partial charge in [0.25, 0.3) is 5.91 Å². The van der Waals surface area contributed by atoms with Crippen molar-refractivity contribution in [2.45, 2.75) is 18.6 Å². The lowest BCUT2D eigenvalue weighted by atomic mass is 9.90. The van der Waals surface area contributed by atoms with Crippen molar-refractivity contribution in [2.75, 3.05) is 20.8 Å². The average Bonchev–Trinajstić information content (AvgIpc) is 2.82. The Hall–Kier alpha value is -2.89. The summed E-state index contributed by atoms with van der Waals surface area (Å²) in [6.45, 7) is 0.522. The number of ether oxygens (including phenoxy) is 3. The molecule has 1 amide bonds. The van der Waals surface area contributed by atoms with Gasteiger partial charge < -0.3 is 19.1 Å². The van der Waals surface area contributed by atoms with Crippen LogP contribution in [-0.2, 0) is 11.2 Å². The Morgan fingerprint density at radius 2 is 1.62 bits per heavy atom. The van der Waals surface area contributed by atoms with Crippen LogP contribution >= 0.6 is 23.2 Å². The molecule has 1 saturated heterocycles. The lowest BCUT2D eigenvalue weighted by Gasteiger charge is -2.47. The molecule has 0 saturated carbocycles. The number of nitrogens with zero attached hydrogens (tertiary/aromatic N) is 1. The van der Waals surface area contributed by atoms with E-state index in [0.717, 1.165) is 11.1 Å². The van der Waals surface area contributed by atoms with Gasteiger partial charge in [0.15, 0.2) is 11.5 Å². The molecule has 1 fully saturated rings. The smallest absolute Gasteiger partial charge is 0.266 e. The van der Waals surface area contributed by atoms with Gasteiger partial charge in [-0.05, 0) is 53.9 Å². The molecular weight excluding hydrogens is 449 g/mol. The number of hydrogen-bond donors (Lipinski definition) is 0. The van der Waals surface area contributed by atoms with E-state index in [2.05, 4.69) is 0 Å². The number of benzene rings is 3. The van der Waals surface area contributed by atoms with Crippen LogP contribution in [0.4, 0.5) is 0 Å². The Labute approximate surface area is 197 Å². The summed E-state index contributed by atoms with van der Waals surface area (Å²) in [5.41, 5.74) is 1.92. The van der Waals surface area contributed by atoms with E-state index in [-0.39, 0.29) is 11.9 Å². The maximum atomic E-state index is 13.0. The van der Waals surface area contributed by atoms with Gasteiger partial charge in [0.05, 0.1) is 24.3 Å². The molecule has 1 aliphatic rings. The fraction of sp³-hybridized carbons (Fsp3) is 0.240. The van der Waals surface area contributed by atoms with Gasteiger partial charge in [0.1, 0.15) is 11.8 Å². The molecule has 0 bridgehead atoms. The predicted molar refractivity (Wildman–Crippen MR) is 125 cm³/mol. The molecule has 4 rings (SSSR count). The molecule has 7 heteroatoms. The first-order valence-corrected chi connectivity index (χ1v) is 11.0. The van der Waals surface area contributed by atoms with Gasteiger partial charge in [0, 0.05) is 6.54 Å². The van der Waals surface area contributed by atoms with Gasteiger partial charge in [-0.15, -0.1) is 0 Å². The third kappa shape index (κ3) is 4.50. The summed E-state index contributed by atoms with van der Waals surface area (Å²) < 4.78 is 16.7. The number of rotatable bonds is 8. The number of carbonyl (C=O) groups excluding carboxylic acids is 1. The van der Waals surface area contributed by atoms with Crippen LogP contribution in [-0.4, -0.2) is 37.7 Å². The molecule has 166 valence electrons. The summed E-state index contributed by atoms with van der Waals surface area (Å²) >= 11 is 12.4. The topological polar surface area (TPSA) is 48.0 Å². The molecular formula is C25H23Cl2NO4. The average molecular weight is 472 g/mol. The number of hydrogen-bond acceptors (Lipinski definition) is 4. The van der Waals surface area contributed by atoms with E-state index in [1.54, 1.807) is 26.4 Å². The van der Waals surface area contributed by atoms with E-state index < -0.39 is 6.10 Å². The second-order valence-electron chi connectivity index (χ2n) is 7.44. The number of halogens is 2. The van der Waals surface area contributed by atoms with Crippen molar-refractivity contribution in [1.29, 1.82) is 0 Å². The van der Waals surface area contributed by atoms with E-state index in [1.807, 2.05) is 59.5 Å². The standard InChI is InChI=1S/C25H23Cl2NO4/c1-30-21-11-8-16(14-22(21)31-2)12-13-28-23(17-9-10-19(26)20(27)15-17)24(25(28)29)32-18-6-4-3-5-7-18/h3-11,14-15,23-24H,12-13H2,1-2H3/t23-,24+/m1/s1. The van der Waals surface area contributed by atoms with Crippen molar-refractivity contribution in [1.82, 2.24) is 4.90 Å². The Balaban J connectivity index is 1.56. The Morgan fingerprint density at radius 3 is 2.31 bits per heavy atom. The van der Waals surface area contributed by atoms with Crippen LogP contribution in [0.15, 0.2) is 66.7 Å². The quantitative estimate of drug-likeness (QED) is 0.402. The van der Waals surface area contributed by atoms with Crippen molar-refractivity contribution in [2.24, 2.45) is 0 Å². The van der Waals surface area contributed by atoms with E-state index in [9.17, 15) is 4.79 Å². The zero-order valence-electron chi connectivity index (χ0n) is 17.8. The lowest BCUT2D eigenvalue weighted by Crippen LogP contribution is -2.61. The second kappa shape index (κ2) is 9.72. The first-order valence-electron chi connectivity index (χ1n) is 10.2. The number of carbonyl (C=O) groups is 1. The zero-order chi connectivity index (χ0) is 22.7. The highest BCUT2D eigenvalue weighted by Gasteiger charge is 2.49. The molecule has 0 unspecified atom stereocenters. The summed E-state index contributed by atoms with van der Waals surface area (Å²) in [6.07, 6.45) is 0.0298. The number of β-lactam (4-membered cyclic amide) rings is 1. The largest absolute Gasteiger partial charge is 0.493 e. The van der Waals surface area contributed by atoms with Crippen LogP contribution in [0, 0.1) is 0 Å². The molecule has 0 radical (unpaired) electrons. The first kappa shape index (κ1) is 22.3. The summed E-state index contributed by atoms with van der Waals surface area (Å²) in [6, 6.07) is 20.3. The molecule has 0 aromatic heterocycles. The molecule has 0 aliphatic carbocycles. The maximum absolute atomic E-state index is 13.0. The van der Waals surface area contributed by atoms with E-state index in [4.69, 9.17) is 37.4 Å². The summed E-state index contributed by atoms with van der Waals surface area (Å²) in [5, 5.41) is 0.917. The van der Waals surface area contributed by atoms with Gasteiger partial charge >= 0.3 is 0 Å². The fourth-order valence-corrected chi connectivity index (χ4v) is 4.17. The first-order chi connectivity index (χ1) is 15.5. The van der Waals surface area contributed by atoms with Gasteiger partial charge in [0.2, 0.25) is 6.10 Å². The van der Waals surface area contributed by atoms with Crippen LogP contribution in [0.1, 0.15) is 17.2 Å². The Morgan fingerprint density at radius 1 is 0.875 bits per heavy atom. The molecule has 0 spiro atoms. The van der Waals surface area contributed by atoms with Crippen molar-refractivity contribution >= 4 is 29.1 Å². The molecule has 3 aromatic rings. The number of para-hydroxylation sites is 1. The summed E-state index contributed by atoms with van der Waals surface area (Å²) in [5.74, 6) is 1.91. The Bertz CT molecular complexity index is 1110. The van der Waals surface area contributed by atoms with Crippen LogP contribution in [0.5, 0.6) is 17.2 Å². The van der Waals surface area contributed by atoms with Gasteiger partial charge in [-0.3, -0.25) is 4.79 Å². The molecule has 1 aliphatic heterocycles. The number of amides is 1. The number of methoxy groups -OCH3 is 2. The maximum Gasteiger partial charge on any atom is 0.266 e. The van der Waals surface area contributed by atoms with Crippen LogP contribution in [0.25, 0.3) is 0 Å². The van der Waals surface area contributed by atoms with E-state index >= 15 is 0 Å². The number of likely N-dealkylation sites (tertiary alicyclic amines) is 1. The molecule has 3 aromatic carbocycles. The predicted octanol–water partition coefficient (Wildman–Crippen LogP) is 5.58. The van der Waals surface area contributed by atoms with Gasteiger partial charge in [-0.2, -0.15) is 0 Å². The monoisotopic (exact) mass is 471 g/mol. The third-order valence-corrected chi connectivity index (χ3v) is 6.27. The molecule has 32 heavy (non-hydrogen) atoms. The molecule has 2 atom stereocenters. The van der Waals surface area contributed by atoms with E-state index in [1.165, 1.54) is 0 Å². The zero-order valence-corrected chi connectivity index (χ0v) is 19.3. The molecule has 1 heterocycles. The van der Waals surface area contributed by atoms with Crippen LogP contribution < -0.4 is 14.2 Å². The van der Waals surface area contributed by atoms with Crippen molar-refractivity contribution in [3.8, 4) is 17.2 Å². The minimum absolute atomic E-state index is 0.0644. The second-order valence-corrected chi connectivity index (χ2v) is 8.26. The normalized spacial score (nSPS) is 17.6. The Kier molecular flexibility index (Phi) is 6.77. The molecule has 5 nitrogen and oxygen atoms in total. The van der Waals surface area contributed by atoms with Crippen molar-refractivity contribution < 1.29 is 19.0 Å². The SMILES string of the molecule is COc1ccc(CCN2C(=O)[C@@H](Oc3ccccc3)[C@H]2c2ccc(Cl)c(Cl)c2)cc1OC. The third-order valence-electron chi connectivity index (χ3n) is 5.53. The van der Waals surface area contributed by atoms with Crippen molar-refractivity contribution in [3.05, 3.63) is 87.9 Å². The van der Waals surface area contributed by atoms with E-state index in [0.29, 0.717) is 40.3 Å². The minimum atomic E-state index is -0.625. The van der Waals surface area contributed by atoms with Crippen LogP contribution in [0.3, 0.4) is 0 Å². The highest BCUT2D eigenvalue weighted by Crippen LogP contribution is 2.40. The van der Waals surface area contributed by atoms with Crippen molar-refractivity contribution in [3.63, 3.8) is 0 Å². The lowest BCUT2D eigenvalue weighted by molar-refractivity contribution is -0.164. The highest BCUT2D eigenvalue weighted by molar-refractivity contribution is 6.42. The van der Waals surface area contributed by atoms with Gasteiger partial charge in [-0.25, -0.2) is 0 Å². The fourth-order valence-electron chi connectivity index (χ4n) is 3.86. The van der Waals surface area contributed by atoms with Crippen LogP contribution in [0.2, 0.25) is 10.0 Å². The minimum Gasteiger partial charge on any atom is -0.493 e.